The maximum absolute atomic E-state index is 14.4. The SMILES string of the molecule is COCCCN1CCOc2ccc(COC3CN(S(=O)(=O)c4ccc(C)cc4)CC(O[Si](C(C)C)(C(C)C)C(C)C)C3c3ccc(CCl)cc3)cc21. The van der Waals surface area contributed by atoms with Gasteiger partial charge in [0.15, 0.2) is 0 Å². The Morgan fingerprint density at radius 3 is 2.13 bits per heavy atom. The van der Waals surface area contributed by atoms with Crippen molar-refractivity contribution in [3.05, 3.63) is 89.0 Å². The minimum Gasteiger partial charge on any atom is -0.490 e. The predicted octanol–water partition coefficient (Wildman–Crippen LogP) is 8.90. The maximum Gasteiger partial charge on any atom is 0.243 e. The van der Waals surface area contributed by atoms with Gasteiger partial charge in [-0.15, -0.1) is 11.6 Å². The second-order valence-corrected chi connectivity index (χ2v) is 23.0. The van der Waals surface area contributed by atoms with Crippen molar-refractivity contribution in [2.75, 3.05) is 51.4 Å². The summed E-state index contributed by atoms with van der Waals surface area (Å²) < 4.78 is 56.4. The Hall–Kier alpha value is -2.44. The largest absolute Gasteiger partial charge is 0.490 e. The average Bonchev–Trinajstić information content (AvgIpc) is 3.12. The summed E-state index contributed by atoms with van der Waals surface area (Å²) in [6.07, 6.45) is 0.0146. The number of piperidine rings is 1. The summed E-state index contributed by atoms with van der Waals surface area (Å²) >= 11 is 6.23. The van der Waals surface area contributed by atoms with Crippen molar-refractivity contribution in [3.63, 3.8) is 0 Å². The van der Waals surface area contributed by atoms with E-state index in [-0.39, 0.29) is 23.9 Å². The van der Waals surface area contributed by atoms with Gasteiger partial charge >= 0.3 is 0 Å². The molecule has 2 heterocycles. The zero-order chi connectivity index (χ0) is 37.6. The Labute approximate surface area is 318 Å². The van der Waals surface area contributed by atoms with E-state index in [9.17, 15) is 8.42 Å². The summed E-state index contributed by atoms with van der Waals surface area (Å²) in [5, 5.41) is 0. The third-order valence-corrected chi connectivity index (χ3v) is 19.3. The molecule has 3 aromatic rings. The van der Waals surface area contributed by atoms with Crippen LogP contribution in [0.15, 0.2) is 71.6 Å². The molecular formula is C41H59ClN2O6SSi. The number of sulfonamides is 1. The van der Waals surface area contributed by atoms with Crippen molar-refractivity contribution in [1.82, 2.24) is 4.31 Å². The lowest BCUT2D eigenvalue weighted by atomic mass is 9.85. The first-order chi connectivity index (χ1) is 24.8. The van der Waals surface area contributed by atoms with E-state index in [1.165, 1.54) is 0 Å². The molecule has 52 heavy (non-hydrogen) atoms. The van der Waals surface area contributed by atoms with Crippen molar-refractivity contribution < 1.29 is 27.1 Å². The monoisotopic (exact) mass is 770 g/mol. The van der Waals surface area contributed by atoms with Crippen LogP contribution in [-0.4, -0.2) is 79.8 Å². The lowest BCUT2D eigenvalue weighted by Crippen LogP contribution is -2.59. The van der Waals surface area contributed by atoms with Crippen molar-refractivity contribution in [2.24, 2.45) is 0 Å². The first-order valence-electron chi connectivity index (χ1n) is 18.8. The Kier molecular flexibility index (Phi) is 13.9. The molecule has 11 heteroatoms. The number of methoxy groups -OCH3 is 1. The topological polar surface area (TPSA) is 77.5 Å². The number of hydrogen-bond donors (Lipinski definition) is 0. The highest BCUT2D eigenvalue weighted by Gasteiger charge is 2.51. The Balaban J connectivity index is 1.56. The van der Waals surface area contributed by atoms with Crippen LogP contribution in [0.4, 0.5) is 5.69 Å². The second-order valence-electron chi connectivity index (χ2n) is 15.3. The third-order valence-electron chi connectivity index (χ3n) is 11.0. The number of ether oxygens (including phenoxy) is 3. The fourth-order valence-corrected chi connectivity index (χ4v) is 15.6. The first-order valence-corrected chi connectivity index (χ1v) is 22.9. The van der Waals surface area contributed by atoms with Gasteiger partial charge in [0.25, 0.3) is 0 Å². The summed E-state index contributed by atoms with van der Waals surface area (Å²) in [6.45, 7) is 19.4. The summed E-state index contributed by atoms with van der Waals surface area (Å²) in [5.41, 5.74) is 6.11. The molecule has 8 nitrogen and oxygen atoms in total. The standard InChI is InChI=1S/C41H59ClN2O6SSi/c1-29(2)52(30(3)4,31(5)6)50-40-27-44(51(45,46)36-17-10-32(7)11-18-36)26-39(41(40)35-15-12-33(25-42)13-16-35)49-28-34-14-19-38-37(24-34)43(21-23-48-38)20-9-22-47-8/h10-19,24,29-31,39-41H,9,20-23,25-28H2,1-8H3. The molecule has 3 atom stereocenters. The van der Waals surface area contributed by atoms with E-state index in [0.29, 0.717) is 42.3 Å². The van der Waals surface area contributed by atoms with E-state index in [1.807, 2.05) is 31.2 Å². The number of anilines is 1. The lowest BCUT2D eigenvalue weighted by molar-refractivity contribution is -0.0504. The van der Waals surface area contributed by atoms with Crippen molar-refractivity contribution in [1.29, 1.82) is 0 Å². The van der Waals surface area contributed by atoms with Gasteiger partial charge in [-0.25, -0.2) is 8.42 Å². The Morgan fingerprint density at radius 1 is 0.885 bits per heavy atom. The molecule has 0 amide bonds. The second kappa shape index (κ2) is 17.8. The molecule has 1 fully saturated rings. The van der Waals surface area contributed by atoms with Gasteiger partial charge < -0.3 is 23.5 Å². The molecule has 3 aromatic carbocycles. The number of rotatable bonds is 16. The fourth-order valence-electron chi connectivity index (χ4n) is 8.44. The van der Waals surface area contributed by atoms with Crippen LogP contribution in [0.2, 0.25) is 16.6 Å². The van der Waals surface area contributed by atoms with Crippen LogP contribution < -0.4 is 9.64 Å². The van der Waals surface area contributed by atoms with Crippen LogP contribution in [0.3, 0.4) is 0 Å². The number of aryl methyl sites for hydroxylation is 1. The van der Waals surface area contributed by atoms with E-state index in [1.54, 1.807) is 23.5 Å². The molecule has 0 spiro atoms. The van der Waals surface area contributed by atoms with Gasteiger partial charge in [0.2, 0.25) is 18.3 Å². The molecule has 0 N–H and O–H groups in total. The van der Waals surface area contributed by atoms with Crippen molar-refractivity contribution in [2.45, 2.75) is 107 Å². The molecule has 0 radical (unpaired) electrons. The van der Waals surface area contributed by atoms with Gasteiger partial charge in [0, 0.05) is 45.1 Å². The van der Waals surface area contributed by atoms with Crippen LogP contribution in [0.25, 0.3) is 0 Å². The number of nitrogens with zero attached hydrogens (tertiary/aromatic N) is 2. The summed E-state index contributed by atoms with van der Waals surface area (Å²) in [6, 6.07) is 21.7. The van der Waals surface area contributed by atoms with Gasteiger partial charge in [0.1, 0.15) is 12.4 Å². The normalized spacial score (nSPS) is 20.1. The van der Waals surface area contributed by atoms with Crippen LogP contribution in [0.1, 0.15) is 76.1 Å². The van der Waals surface area contributed by atoms with Gasteiger partial charge in [-0.3, -0.25) is 0 Å². The van der Waals surface area contributed by atoms with E-state index >= 15 is 0 Å². The highest BCUT2D eigenvalue weighted by molar-refractivity contribution is 7.89. The number of alkyl halides is 1. The zero-order valence-corrected chi connectivity index (χ0v) is 34.9. The Bertz CT molecular complexity index is 1680. The minimum atomic E-state index is -3.85. The van der Waals surface area contributed by atoms with Crippen molar-refractivity contribution >= 4 is 35.6 Å². The molecule has 1 saturated heterocycles. The molecule has 286 valence electrons. The average molecular weight is 772 g/mol. The summed E-state index contributed by atoms with van der Waals surface area (Å²) in [7, 11) is -4.59. The van der Waals surface area contributed by atoms with Crippen LogP contribution in [-0.2, 0) is 36.4 Å². The summed E-state index contributed by atoms with van der Waals surface area (Å²) in [4.78, 5) is 2.63. The van der Waals surface area contributed by atoms with Gasteiger partial charge in [0.05, 0.1) is 35.9 Å². The van der Waals surface area contributed by atoms with Crippen molar-refractivity contribution in [3.8, 4) is 5.75 Å². The maximum atomic E-state index is 14.4. The molecule has 3 unspecified atom stereocenters. The van der Waals surface area contributed by atoms with E-state index in [0.717, 1.165) is 53.2 Å². The zero-order valence-electron chi connectivity index (χ0n) is 32.3. The van der Waals surface area contributed by atoms with E-state index in [2.05, 4.69) is 76.8 Å². The molecule has 0 saturated carbocycles. The molecule has 5 rings (SSSR count). The third kappa shape index (κ3) is 8.91. The molecule has 2 aliphatic rings. The molecule has 0 bridgehead atoms. The fraction of sp³-hybridized carbons (Fsp3) is 0.561. The van der Waals surface area contributed by atoms with E-state index in [4.69, 9.17) is 30.2 Å². The number of hydrogen-bond acceptors (Lipinski definition) is 7. The number of fused-ring (bicyclic) bond motifs is 1. The van der Waals surface area contributed by atoms with Gasteiger partial charge in [-0.2, -0.15) is 4.31 Å². The summed E-state index contributed by atoms with van der Waals surface area (Å²) in [5.74, 6) is 1.08. The quantitative estimate of drug-likeness (QED) is 0.0818. The molecule has 2 aliphatic heterocycles. The van der Waals surface area contributed by atoms with Crippen LogP contribution >= 0.6 is 11.6 Å². The van der Waals surface area contributed by atoms with Crippen LogP contribution in [0.5, 0.6) is 5.75 Å². The van der Waals surface area contributed by atoms with Gasteiger partial charge in [-0.05, 0) is 70.9 Å². The predicted molar refractivity (Wildman–Crippen MR) is 214 cm³/mol. The number of halogens is 1. The minimum absolute atomic E-state index is 0.203. The highest BCUT2D eigenvalue weighted by Crippen LogP contribution is 2.47. The molecular weight excluding hydrogens is 712 g/mol. The number of benzene rings is 3. The van der Waals surface area contributed by atoms with Crippen LogP contribution in [0, 0.1) is 6.92 Å². The van der Waals surface area contributed by atoms with E-state index < -0.39 is 30.5 Å². The lowest BCUT2D eigenvalue weighted by Gasteiger charge is -2.50. The Morgan fingerprint density at radius 2 is 1.52 bits per heavy atom. The molecule has 0 aliphatic carbocycles. The smallest absolute Gasteiger partial charge is 0.243 e. The van der Waals surface area contributed by atoms with Gasteiger partial charge in [-0.1, -0.05) is 89.6 Å². The highest BCUT2D eigenvalue weighted by atomic mass is 35.5. The molecule has 0 aromatic heterocycles. The first kappa shape index (κ1) is 40.7.